The first kappa shape index (κ1) is 19.7. The smallest absolute Gasteiger partial charge is 0.256 e. The van der Waals surface area contributed by atoms with Crippen LogP contribution in [-0.4, -0.2) is 36.3 Å². The molecule has 1 saturated heterocycles. The first-order valence-electron chi connectivity index (χ1n) is 9.01. The molecule has 6 heteroatoms. The third kappa shape index (κ3) is 4.15. The highest BCUT2D eigenvalue weighted by molar-refractivity contribution is 6.05. The van der Waals surface area contributed by atoms with Gasteiger partial charge < -0.3 is 16.0 Å². The Morgan fingerprint density at radius 2 is 1.92 bits per heavy atom. The molecule has 0 spiro atoms. The van der Waals surface area contributed by atoms with Crippen molar-refractivity contribution in [1.82, 2.24) is 4.90 Å². The van der Waals surface area contributed by atoms with E-state index in [1.165, 1.54) is 0 Å². The fourth-order valence-corrected chi connectivity index (χ4v) is 4.02. The van der Waals surface area contributed by atoms with Gasteiger partial charge in [-0.15, -0.1) is 12.4 Å². The molecule has 2 fully saturated rings. The van der Waals surface area contributed by atoms with Crippen LogP contribution in [0, 0.1) is 18.8 Å². The second-order valence-electron chi connectivity index (χ2n) is 7.02. The molecule has 25 heavy (non-hydrogen) atoms. The first-order chi connectivity index (χ1) is 11.6. The Balaban J connectivity index is 0.00000225. The molecule has 0 radical (unpaired) electrons. The molecule has 1 heterocycles. The molecule has 1 saturated carbocycles. The summed E-state index contributed by atoms with van der Waals surface area (Å²) in [4.78, 5) is 27.5. The number of rotatable bonds is 4. The van der Waals surface area contributed by atoms with Gasteiger partial charge in [0.05, 0.1) is 11.3 Å². The van der Waals surface area contributed by atoms with E-state index in [1.54, 1.807) is 0 Å². The molecule has 1 aromatic rings. The average molecular weight is 366 g/mol. The number of nitrogens with one attached hydrogen (secondary N) is 1. The summed E-state index contributed by atoms with van der Waals surface area (Å²) in [7, 11) is 0. The van der Waals surface area contributed by atoms with Crippen molar-refractivity contribution in [2.75, 3.05) is 25.0 Å². The third-order valence-electron chi connectivity index (χ3n) is 5.44. The lowest BCUT2D eigenvalue weighted by atomic mass is 9.95. The lowest BCUT2D eigenvalue weighted by Gasteiger charge is -2.22. The van der Waals surface area contributed by atoms with Crippen LogP contribution in [0.25, 0.3) is 0 Å². The lowest BCUT2D eigenvalue weighted by molar-refractivity contribution is -0.120. The molecule has 2 atom stereocenters. The number of halogens is 1. The molecule has 2 amide bonds. The number of likely N-dealkylation sites (tertiary alicyclic amines) is 1. The molecule has 1 aliphatic carbocycles. The molecule has 3 rings (SSSR count). The highest BCUT2D eigenvalue weighted by Gasteiger charge is 2.33. The molecule has 2 aliphatic rings. The number of amides is 2. The zero-order valence-corrected chi connectivity index (χ0v) is 15.6. The molecule has 0 bridgehead atoms. The molecule has 138 valence electrons. The highest BCUT2D eigenvalue weighted by Crippen LogP contribution is 2.32. The van der Waals surface area contributed by atoms with Gasteiger partial charge in [0.25, 0.3) is 5.91 Å². The van der Waals surface area contributed by atoms with E-state index < -0.39 is 0 Å². The topological polar surface area (TPSA) is 75.4 Å². The predicted octanol–water partition coefficient (Wildman–Crippen LogP) is 2.97. The Bertz CT molecular complexity index is 629. The van der Waals surface area contributed by atoms with Gasteiger partial charge in [-0.2, -0.15) is 0 Å². The zero-order chi connectivity index (χ0) is 17.1. The van der Waals surface area contributed by atoms with Crippen molar-refractivity contribution in [2.45, 2.75) is 39.0 Å². The average Bonchev–Trinajstić information content (AvgIpc) is 3.25. The van der Waals surface area contributed by atoms with E-state index in [0.29, 0.717) is 17.8 Å². The van der Waals surface area contributed by atoms with Crippen LogP contribution in [0.1, 0.15) is 48.0 Å². The number of nitrogens with zero attached hydrogens (tertiary/aromatic N) is 1. The normalized spacial score (nSPS) is 22.6. The van der Waals surface area contributed by atoms with Gasteiger partial charge in [-0.25, -0.2) is 0 Å². The Labute approximate surface area is 155 Å². The number of benzene rings is 1. The summed E-state index contributed by atoms with van der Waals surface area (Å²) in [6.45, 7) is 4.08. The number of carbonyl (C=O) groups is 2. The summed E-state index contributed by atoms with van der Waals surface area (Å²) in [5.41, 5.74) is 7.98. The van der Waals surface area contributed by atoms with E-state index >= 15 is 0 Å². The van der Waals surface area contributed by atoms with Crippen LogP contribution in [0.5, 0.6) is 0 Å². The Morgan fingerprint density at radius 1 is 1.20 bits per heavy atom. The first-order valence-corrected chi connectivity index (χ1v) is 9.01. The molecule has 0 aromatic heterocycles. The maximum atomic E-state index is 12.9. The van der Waals surface area contributed by atoms with Crippen molar-refractivity contribution < 1.29 is 9.59 Å². The predicted molar refractivity (Wildman–Crippen MR) is 102 cm³/mol. The van der Waals surface area contributed by atoms with Gasteiger partial charge in [0.15, 0.2) is 0 Å². The summed E-state index contributed by atoms with van der Waals surface area (Å²) in [5, 5.41) is 3.02. The standard InChI is InChI=1S/C19H27N3O2.ClH/c1-13-6-4-9-16(17(13)19(24)22-10-2-3-11-22)21-18(23)15-8-5-7-14(15)12-20;/h4,6,9,14-15H,2-3,5,7-8,10-12,20H2,1H3,(H,21,23);1H/t14-,15-;/m1./s1. The quantitative estimate of drug-likeness (QED) is 0.861. The van der Waals surface area contributed by atoms with E-state index in [2.05, 4.69) is 5.32 Å². The van der Waals surface area contributed by atoms with E-state index in [-0.39, 0.29) is 36.1 Å². The molecular weight excluding hydrogens is 338 g/mol. The van der Waals surface area contributed by atoms with E-state index in [0.717, 1.165) is 50.8 Å². The molecule has 5 nitrogen and oxygen atoms in total. The van der Waals surface area contributed by atoms with E-state index in [4.69, 9.17) is 5.73 Å². The fourth-order valence-electron chi connectivity index (χ4n) is 4.02. The van der Waals surface area contributed by atoms with Crippen molar-refractivity contribution in [1.29, 1.82) is 0 Å². The largest absolute Gasteiger partial charge is 0.339 e. The summed E-state index contributed by atoms with van der Waals surface area (Å²) < 4.78 is 0. The minimum absolute atomic E-state index is 0. The Hall–Kier alpha value is -1.59. The minimum Gasteiger partial charge on any atom is -0.339 e. The number of anilines is 1. The molecule has 0 unspecified atom stereocenters. The fraction of sp³-hybridized carbons (Fsp3) is 0.579. The number of aryl methyl sites for hydroxylation is 1. The third-order valence-corrected chi connectivity index (χ3v) is 5.44. The monoisotopic (exact) mass is 365 g/mol. The van der Waals surface area contributed by atoms with Crippen LogP contribution in [-0.2, 0) is 4.79 Å². The van der Waals surface area contributed by atoms with Crippen molar-refractivity contribution in [3.05, 3.63) is 29.3 Å². The molecule has 1 aromatic carbocycles. The summed E-state index contributed by atoms with van der Waals surface area (Å²) in [6.07, 6.45) is 5.06. The highest BCUT2D eigenvalue weighted by atomic mass is 35.5. The zero-order valence-electron chi connectivity index (χ0n) is 14.8. The van der Waals surface area contributed by atoms with Crippen molar-refractivity contribution >= 4 is 29.9 Å². The van der Waals surface area contributed by atoms with Crippen LogP contribution in [0.4, 0.5) is 5.69 Å². The van der Waals surface area contributed by atoms with Crippen LogP contribution >= 0.6 is 12.4 Å². The minimum atomic E-state index is -0.0368. The second-order valence-corrected chi connectivity index (χ2v) is 7.02. The van der Waals surface area contributed by atoms with Crippen LogP contribution in [0.15, 0.2) is 18.2 Å². The van der Waals surface area contributed by atoms with Crippen molar-refractivity contribution in [3.63, 3.8) is 0 Å². The number of carbonyl (C=O) groups excluding carboxylic acids is 2. The van der Waals surface area contributed by atoms with Gasteiger partial charge >= 0.3 is 0 Å². The maximum absolute atomic E-state index is 12.9. The van der Waals surface area contributed by atoms with Gasteiger partial charge in [-0.05, 0) is 56.7 Å². The Kier molecular flexibility index (Phi) is 6.85. The number of hydrogen-bond donors (Lipinski definition) is 2. The van der Waals surface area contributed by atoms with Crippen LogP contribution in [0.3, 0.4) is 0 Å². The van der Waals surface area contributed by atoms with E-state index in [9.17, 15) is 9.59 Å². The molecule has 1 aliphatic heterocycles. The van der Waals surface area contributed by atoms with Gasteiger partial charge in [0.1, 0.15) is 0 Å². The van der Waals surface area contributed by atoms with Crippen LogP contribution in [0.2, 0.25) is 0 Å². The molecule has 3 N–H and O–H groups in total. The lowest BCUT2D eigenvalue weighted by Crippen LogP contribution is -2.32. The van der Waals surface area contributed by atoms with Gasteiger partial charge in [0.2, 0.25) is 5.91 Å². The van der Waals surface area contributed by atoms with Gasteiger partial charge in [-0.3, -0.25) is 9.59 Å². The van der Waals surface area contributed by atoms with Gasteiger partial charge in [0, 0.05) is 19.0 Å². The van der Waals surface area contributed by atoms with Crippen molar-refractivity contribution in [2.24, 2.45) is 17.6 Å². The summed E-state index contributed by atoms with van der Waals surface area (Å²) in [6, 6.07) is 5.65. The molecular formula is C19H28ClN3O2. The summed E-state index contributed by atoms with van der Waals surface area (Å²) in [5.74, 6) is 0.254. The number of hydrogen-bond acceptors (Lipinski definition) is 3. The van der Waals surface area contributed by atoms with Crippen LogP contribution < -0.4 is 11.1 Å². The van der Waals surface area contributed by atoms with Crippen molar-refractivity contribution in [3.8, 4) is 0 Å². The summed E-state index contributed by atoms with van der Waals surface area (Å²) >= 11 is 0. The van der Waals surface area contributed by atoms with Gasteiger partial charge in [-0.1, -0.05) is 18.6 Å². The Morgan fingerprint density at radius 3 is 2.60 bits per heavy atom. The SMILES string of the molecule is Cc1cccc(NC(=O)[C@@H]2CCC[C@@H]2CN)c1C(=O)N1CCCC1.Cl. The number of nitrogens with two attached hydrogens (primary N) is 1. The second kappa shape index (κ2) is 8.68. The van der Waals surface area contributed by atoms with E-state index in [1.807, 2.05) is 30.0 Å². The maximum Gasteiger partial charge on any atom is 0.256 e.